The summed E-state index contributed by atoms with van der Waals surface area (Å²) in [4.78, 5) is 0. The van der Waals surface area contributed by atoms with Crippen molar-refractivity contribution in [2.75, 3.05) is 6.54 Å². The maximum atomic E-state index is 9.66. The van der Waals surface area contributed by atoms with Crippen molar-refractivity contribution in [3.63, 3.8) is 0 Å². The summed E-state index contributed by atoms with van der Waals surface area (Å²) in [6.07, 6.45) is 0. The summed E-state index contributed by atoms with van der Waals surface area (Å²) in [5, 5.41) is 21.8. The van der Waals surface area contributed by atoms with Gasteiger partial charge in [0.25, 0.3) is 0 Å². The van der Waals surface area contributed by atoms with Gasteiger partial charge in [-0.15, -0.1) is 0 Å². The minimum Gasteiger partial charge on any atom is -0.508 e. The van der Waals surface area contributed by atoms with E-state index in [2.05, 4.69) is 11.4 Å². The predicted molar refractivity (Wildman–Crippen MR) is 63.9 cm³/mol. The first kappa shape index (κ1) is 12.5. The molecular weight excluding hydrogens is 200 g/mol. The van der Waals surface area contributed by atoms with E-state index in [9.17, 15) is 5.11 Å². The molecule has 0 radical (unpaired) electrons. The average Bonchev–Trinajstić information content (AvgIpc) is 2.27. The van der Waals surface area contributed by atoms with Crippen LogP contribution in [0.1, 0.15) is 32.4 Å². The van der Waals surface area contributed by atoms with Crippen molar-refractivity contribution in [1.29, 1.82) is 5.26 Å². The molecule has 0 aliphatic heterocycles. The van der Waals surface area contributed by atoms with Crippen molar-refractivity contribution in [2.45, 2.75) is 26.8 Å². The van der Waals surface area contributed by atoms with Gasteiger partial charge < -0.3 is 10.4 Å². The monoisotopic (exact) mass is 218 g/mol. The Morgan fingerprint density at radius 3 is 2.62 bits per heavy atom. The lowest BCUT2D eigenvalue weighted by Gasteiger charge is -2.21. The number of rotatable bonds is 4. The van der Waals surface area contributed by atoms with Crippen molar-refractivity contribution >= 4 is 0 Å². The van der Waals surface area contributed by atoms with Gasteiger partial charge in [-0.3, -0.25) is 0 Å². The van der Waals surface area contributed by atoms with Gasteiger partial charge in [0.1, 0.15) is 5.75 Å². The minimum atomic E-state index is -0.390. The summed E-state index contributed by atoms with van der Waals surface area (Å²) >= 11 is 0. The van der Waals surface area contributed by atoms with Crippen LogP contribution in [0.3, 0.4) is 0 Å². The Kier molecular flexibility index (Phi) is 3.92. The predicted octanol–water partition coefficient (Wildman–Crippen LogP) is 2.59. The number of nitrogens with zero attached hydrogens (tertiary/aromatic N) is 1. The van der Waals surface area contributed by atoms with Gasteiger partial charge in [0.15, 0.2) is 0 Å². The molecule has 2 N–H and O–H groups in total. The van der Waals surface area contributed by atoms with E-state index in [-0.39, 0.29) is 11.8 Å². The third-order valence-corrected chi connectivity index (χ3v) is 2.56. The highest BCUT2D eigenvalue weighted by molar-refractivity contribution is 5.34. The normalized spacial score (nSPS) is 13.1. The summed E-state index contributed by atoms with van der Waals surface area (Å²) in [5.74, 6) is 0.289. The lowest BCUT2D eigenvalue weighted by atomic mass is 9.95. The van der Waals surface area contributed by atoms with E-state index >= 15 is 0 Å². The first-order valence-electron chi connectivity index (χ1n) is 5.39. The molecule has 0 saturated heterocycles. The molecular formula is C13H18N2O. The molecule has 3 nitrogen and oxygen atoms in total. The third-order valence-electron chi connectivity index (χ3n) is 2.56. The maximum Gasteiger partial charge on any atom is 0.120 e. The molecule has 3 heteroatoms. The first-order chi connectivity index (χ1) is 7.46. The van der Waals surface area contributed by atoms with E-state index in [4.69, 9.17) is 5.26 Å². The third kappa shape index (κ3) is 3.25. The fraction of sp³-hybridized carbons (Fsp3) is 0.462. The number of phenolic OH excluding ortho intramolecular Hbond substituents is 1. The molecule has 0 aliphatic carbocycles. The molecule has 1 rings (SSSR count). The molecule has 16 heavy (non-hydrogen) atoms. The van der Waals surface area contributed by atoms with Crippen LogP contribution < -0.4 is 5.32 Å². The van der Waals surface area contributed by atoms with Gasteiger partial charge >= 0.3 is 0 Å². The van der Waals surface area contributed by atoms with E-state index in [0.717, 1.165) is 5.56 Å². The maximum absolute atomic E-state index is 9.66. The molecule has 0 fully saturated rings. The number of para-hydroxylation sites is 1. The molecule has 0 aliphatic rings. The number of nitriles is 1. The van der Waals surface area contributed by atoms with E-state index in [1.165, 1.54) is 0 Å². The molecule has 0 bridgehead atoms. The largest absolute Gasteiger partial charge is 0.508 e. The minimum absolute atomic E-state index is 0.0359. The number of phenols is 1. The van der Waals surface area contributed by atoms with Crippen LogP contribution in [-0.2, 0) is 0 Å². The number of benzene rings is 1. The molecule has 1 aromatic rings. The van der Waals surface area contributed by atoms with Gasteiger partial charge in [0.05, 0.1) is 11.5 Å². The van der Waals surface area contributed by atoms with Crippen molar-refractivity contribution < 1.29 is 5.11 Å². The van der Waals surface area contributed by atoms with E-state index in [0.29, 0.717) is 6.54 Å². The molecule has 0 amide bonds. The quantitative estimate of drug-likeness (QED) is 0.816. The van der Waals surface area contributed by atoms with Crippen LogP contribution in [0.4, 0.5) is 0 Å². The molecule has 1 aromatic carbocycles. The number of hydrogen-bond acceptors (Lipinski definition) is 3. The van der Waals surface area contributed by atoms with Crippen molar-refractivity contribution in [3.8, 4) is 11.8 Å². The summed E-state index contributed by atoms with van der Waals surface area (Å²) in [5.41, 5.74) is 0.467. The zero-order valence-corrected chi connectivity index (χ0v) is 9.99. The van der Waals surface area contributed by atoms with Gasteiger partial charge in [-0.05, 0) is 26.8 Å². The van der Waals surface area contributed by atoms with Gasteiger partial charge in [-0.25, -0.2) is 0 Å². The summed E-state index contributed by atoms with van der Waals surface area (Å²) in [7, 11) is 0. The SMILES string of the molecule is CC(NCC(C)(C)C#N)c1ccccc1O. The lowest BCUT2D eigenvalue weighted by molar-refractivity contribution is 0.403. The highest BCUT2D eigenvalue weighted by Crippen LogP contribution is 2.24. The Hall–Kier alpha value is -1.53. The topological polar surface area (TPSA) is 56.0 Å². The Bertz CT molecular complexity index is 393. The van der Waals surface area contributed by atoms with Gasteiger partial charge in [0.2, 0.25) is 0 Å². The Labute approximate surface area is 96.7 Å². The van der Waals surface area contributed by atoms with Crippen LogP contribution in [0.5, 0.6) is 5.75 Å². The highest BCUT2D eigenvalue weighted by Gasteiger charge is 2.18. The van der Waals surface area contributed by atoms with Crippen LogP contribution in [0.2, 0.25) is 0 Å². The van der Waals surface area contributed by atoms with Crippen molar-refractivity contribution in [1.82, 2.24) is 5.32 Å². The van der Waals surface area contributed by atoms with E-state index < -0.39 is 5.41 Å². The van der Waals surface area contributed by atoms with Gasteiger partial charge in [-0.2, -0.15) is 5.26 Å². The Morgan fingerprint density at radius 2 is 2.06 bits per heavy atom. The fourth-order valence-electron chi connectivity index (χ4n) is 1.41. The molecule has 86 valence electrons. The molecule has 0 heterocycles. The summed E-state index contributed by atoms with van der Waals surface area (Å²) < 4.78 is 0. The van der Waals surface area contributed by atoms with Crippen LogP contribution in [0.25, 0.3) is 0 Å². The lowest BCUT2D eigenvalue weighted by Crippen LogP contribution is -2.30. The molecule has 1 unspecified atom stereocenters. The number of aromatic hydroxyl groups is 1. The zero-order chi connectivity index (χ0) is 12.2. The standard InChI is InChI=1S/C13H18N2O/c1-10(15-9-13(2,3)8-14)11-6-4-5-7-12(11)16/h4-7,10,15-16H,9H2,1-3H3. The fourth-order valence-corrected chi connectivity index (χ4v) is 1.41. The average molecular weight is 218 g/mol. The van der Waals surface area contributed by atoms with E-state index in [1.54, 1.807) is 12.1 Å². The Balaban J connectivity index is 2.64. The van der Waals surface area contributed by atoms with Crippen molar-refractivity contribution in [3.05, 3.63) is 29.8 Å². The van der Waals surface area contributed by atoms with Gasteiger partial charge in [-0.1, -0.05) is 18.2 Å². The van der Waals surface area contributed by atoms with Crippen LogP contribution in [0, 0.1) is 16.7 Å². The smallest absolute Gasteiger partial charge is 0.120 e. The summed E-state index contributed by atoms with van der Waals surface area (Å²) in [6, 6.07) is 9.51. The van der Waals surface area contributed by atoms with Crippen molar-refractivity contribution in [2.24, 2.45) is 5.41 Å². The van der Waals surface area contributed by atoms with E-state index in [1.807, 2.05) is 32.9 Å². The van der Waals surface area contributed by atoms with Crippen LogP contribution in [-0.4, -0.2) is 11.7 Å². The number of nitrogens with one attached hydrogen (secondary N) is 1. The second-order valence-corrected chi connectivity index (χ2v) is 4.66. The van der Waals surface area contributed by atoms with Crippen LogP contribution in [0.15, 0.2) is 24.3 Å². The second-order valence-electron chi connectivity index (χ2n) is 4.66. The zero-order valence-electron chi connectivity index (χ0n) is 9.99. The molecule has 1 atom stereocenters. The molecule has 0 saturated carbocycles. The summed E-state index contributed by atoms with van der Waals surface area (Å²) in [6.45, 7) is 6.34. The first-order valence-corrected chi connectivity index (χ1v) is 5.39. The molecule has 0 aromatic heterocycles. The second kappa shape index (κ2) is 5.00. The molecule has 0 spiro atoms. The highest BCUT2D eigenvalue weighted by atomic mass is 16.3. The number of hydrogen-bond donors (Lipinski definition) is 2. The van der Waals surface area contributed by atoms with Gasteiger partial charge in [0, 0.05) is 18.2 Å². The Morgan fingerprint density at radius 1 is 1.44 bits per heavy atom. The van der Waals surface area contributed by atoms with Crippen LogP contribution >= 0.6 is 0 Å².